The maximum atomic E-state index is 11.6. The van der Waals surface area contributed by atoms with E-state index in [4.69, 9.17) is 9.47 Å². The fourth-order valence-corrected chi connectivity index (χ4v) is 4.15. The van der Waals surface area contributed by atoms with E-state index in [0.717, 1.165) is 24.7 Å². The zero-order valence-corrected chi connectivity index (χ0v) is 10.6. The van der Waals surface area contributed by atoms with Gasteiger partial charge in [-0.15, -0.1) is 0 Å². The molecule has 0 N–H and O–H groups in total. The van der Waals surface area contributed by atoms with Crippen LogP contribution in [0.5, 0.6) is 0 Å². The Morgan fingerprint density at radius 2 is 1.88 bits per heavy atom. The topological polar surface area (TPSA) is 35.5 Å². The van der Waals surface area contributed by atoms with Crippen molar-refractivity contribution in [3.63, 3.8) is 0 Å². The molecule has 0 radical (unpaired) electrons. The Morgan fingerprint density at radius 3 is 2.47 bits per heavy atom. The van der Waals surface area contributed by atoms with E-state index in [0.29, 0.717) is 6.10 Å². The Balaban J connectivity index is 1.61. The van der Waals surface area contributed by atoms with Gasteiger partial charge >= 0.3 is 5.97 Å². The van der Waals surface area contributed by atoms with E-state index in [1.807, 2.05) is 0 Å². The minimum Gasteiger partial charge on any atom is -0.469 e. The predicted molar refractivity (Wildman–Crippen MR) is 63.5 cm³/mol. The molecule has 1 aliphatic carbocycles. The van der Waals surface area contributed by atoms with E-state index < -0.39 is 0 Å². The van der Waals surface area contributed by atoms with Gasteiger partial charge in [0, 0.05) is 0 Å². The van der Waals surface area contributed by atoms with Gasteiger partial charge in [-0.2, -0.15) is 0 Å². The van der Waals surface area contributed by atoms with Crippen LogP contribution in [-0.4, -0.2) is 25.3 Å². The van der Waals surface area contributed by atoms with Gasteiger partial charge in [0.15, 0.2) is 0 Å². The first kappa shape index (κ1) is 11.5. The summed E-state index contributed by atoms with van der Waals surface area (Å²) < 4.78 is 10.8. The SMILES string of the molecule is COC(=O)C1CC2OC1CC2C1CCCCC1. The van der Waals surface area contributed by atoms with E-state index in [1.54, 1.807) is 0 Å². The summed E-state index contributed by atoms with van der Waals surface area (Å²) in [5.41, 5.74) is 0. The molecule has 3 nitrogen and oxygen atoms in total. The minimum absolute atomic E-state index is 0.0184. The largest absolute Gasteiger partial charge is 0.469 e. The zero-order chi connectivity index (χ0) is 11.8. The van der Waals surface area contributed by atoms with Gasteiger partial charge in [-0.3, -0.25) is 4.79 Å². The molecule has 96 valence electrons. The van der Waals surface area contributed by atoms with Crippen molar-refractivity contribution < 1.29 is 14.3 Å². The highest BCUT2D eigenvalue weighted by Gasteiger charge is 2.52. The van der Waals surface area contributed by atoms with Gasteiger partial charge in [0.1, 0.15) is 0 Å². The zero-order valence-electron chi connectivity index (χ0n) is 10.6. The van der Waals surface area contributed by atoms with E-state index >= 15 is 0 Å². The van der Waals surface area contributed by atoms with E-state index in [1.165, 1.54) is 39.2 Å². The molecule has 2 bridgehead atoms. The fourth-order valence-electron chi connectivity index (χ4n) is 4.15. The van der Waals surface area contributed by atoms with Crippen LogP contribution in [0.2, 0.25) is 0 Å². The summed E-state index contributed by atoms with van der Waals surface area (Å²) in [7, 11) is 1.48. The van der Waals surface area contributed by atoms with Crippen LogP contribution in [0.15, 0.2) is 0 Å². The highest BCUT2D eigenvalue weighted by atomic mass is 16.5. The van der Waals surface area contributed by atoms with Gasteiger partial charge in [0.2, 0.25) is 0 Å². The Morgan fingerprint density at radius 1 is 1.12 bits per heavy atom. The van der Waals surface area contributed by atoms with Gasteiger partial charge in [-0.25, -0.2) is 0 Å². The third kappa shape index (κ3) is 1.99. The lowest BCUT2D eigenvalue weighted by Gasteiger charge is -2.32. The van der Waals surface area contributed by atoms with Crippen LogP contribution < -0.4 is 0 Å². The molecule has 3 heteroatoms. The number of hydrogen-bond acceptors (Lipinski definition) is 3. The molecule has 0 aromatic heterocycles. The second kappa shape index (κ2) is 4.60. The van der Waals surface area contributed by atoms with Crippen molar-refractivity contribution in [1.82, 2.24) is 0 Å². The standard InChI is InChI=1S/C14H22O3/c1-16-14(15)11-8-12-10(7-13(11)17-12)9-5-3-2-4-6-9/h9-13H,2-8H2,1H3. The molecule has 4 atom stereocenters. The van der Waals surface area contributed by atoms with Crippen LogP contribution in [0.1, 0.15) is 44.9 Å². The average Bonchev–Trinajstić information content (AvgIpc) is 2.98. The molecule has 0 spiro atoms. The Kier molecular flexibility index (Phi) is 3.12. The van der Waals surface area contributed by atoms with E-state index in [9.17, 15) is 4.79 Å². The van der Waals surface area contributed by atoms with Crippen molar-refractivity contribution >= 4 is 5.97 Å². The van der Waals surface area contributed by atoms with Crippen LogP contribution in [0.4, 0.5) is 0 Å². The van der Waals surface area contributed by atoms with Crippen LogP contribution in [0.3, 0.4) is 0 Å². The fraction of sp³-hybridized carbons (Fsp3) is 0.929. The van der Waals surface area contributed by atoms with Gasteiger partial charge < -0.3 is 9.47 Å². The first-order chi connectivity index (χ1) is 8.29. The van der Waals surface area contributed by atoms with Crippen molar-refractivity contribution in [2.24, 2.45) is 17.8 Å². The van der Waals surface area contributed by atoms with E-state index in [-0.39, 0.29) is 18.0 Å². The summed E-state index contributed by atoms with van der Waals surface area (Å²) in [5, 5.41) is 0. The Bertz CT molecular complexity index is 296. The number of esters is 1. The summed E-state index contributed by atoms with van der Waals surface area (Å²) >= 11 is 0. The number of methoxy groups -OCH3 is 1. The number of hydrogen-bond donors (Lipinski definition) is 0. The molecule has 0 aromatic rings. The monoisotopic (exact) mass is 238 g/mol. The number of fused-ring (bicyclic) bond motifs is 2. The minimum atomic E-state index is -0.0698. The van der Waals surface area contributed by atoms with Gasteiger partial charge in [0.25, 0.3) is 0 Å². The highest BCUT2D eigenvalue weighted by molar-refractivity contribution is 5.73. The number of carbonyl (C=O) groups is 1. The molecule has 2 heterocycles. The summed E-state index contributed by atoms with van der Waals surface area (Å²) in [6.07, 6.45) is 9.42. The summed E-state index contributed by atoms with van der Waals surface area (Å²) in [6.45, 7) is 0. The van der Waals surface area contributed by atoms with Gasteiger partial charge in [-0.05, 0) is 24.7 Å². The molecule has 2 aliphatic heterocycles. The summed E-state index contributed by atoms with van der Waals surface area (Å²) in [4.78, 5) is 11.6. The average molecular weight is 238 g/mol. The van der Waals surface area contributed by atoms with Gasteiger partial charge in [-0.1, -0.05) is 32.1 Å². The second-order valence-corrected chi connectivity index (χ2v) is 5.88. The third-order valence-corrected chi connectivity index (χ3v) is 5.03. The first-order valence-electron chi connectivity index (χ1n) is 7.03. The molecule has 17 heavy (non-hydrogen) atoms. The first-order valence-corrected chi connectivity index (χ1v) is 7.03. The molecular weight excluding hydrogens is 216 g/mol. The van der Waals surface area contributed by atoms with Crippen molar-refractivity contribution in [2.45, 2.75) is 57.2 Å². The van der Waals surface area contributed by atoms with Crippen LogP contribution in [-0.2, 0) is 14.3 Å². The lowest BCUT2D eigenvalue weighted by Crippen LogP contribution is -2.33. The molecule has 3 rings (SSSR count). The molecule has 1 saturated carbocycles. The molecule has 4 unspecified atom stereocenters. The second-order valence-electron chi connectivity index (χ2n) is 5.88. The molecule has 3 fully saturated rings. The smallest absolute Gasteiger partial charge is 0.311 e. The van der Waals surface area contributed by atoms with E-state index in [2.05, 4.69) is 0 Å². The lowest BCUT2D eigenvalue weighted by atomic mass is 9.71. The quantitative estimate of drug-likeness (QED) is 0.693. The van der Waals surface area contributed by atoms with Crippen molar-refractivity contribution in [2.75, 3.05) is 7.11 Å². The lowest BCUT2D eigenvalue weighted by molar-refractivity contribution is -0.147. The van der Waals surface area contributed by atoms with Crippen LogP contribution in [0.25, 0.3) is 0 Å². The number of carbonyl (C=O) groups excluding carboxylic acids is 1. The predicted octanol–water partition coefficient (Wildman–Crippen LogP) is 2.53. The van der Waals surface area contributed by atoms with Crippen molar-refractivity contribution in [1.29, 1.82) is 0 Å². The summed E-state index contributed by atoms with van der Waals surface area (Å²) in [6, 6.07) is 0. The maximum absolute atomic E-state index is 11.6. The van der Waals surface area contributed by atoms with Crippen LogP contribution in [0, 0.1) is 17.8 Å². The molecule has 2 saturated heterocycles. The normalized spacial score (nSPS) is 41.7. The Hall–Kier alpha value is -0.570. The molecule has 0 amide bonds. The molecule has 3 aliphatic rings. The van der Waals surface area contributed by atoms with Crippen LogP contribution >= 0.6 is 0 Å². The number of ether oxygens (including phenoxy) is 2. The molecular formula is C14H22O3. The molecule has 0 aromatic carbocycles. The highest BCUT2D eigenvalue weighted by Crippen LogP contribution is 2.49. The van der Waals surface area contributed by atoms with Crippen molar-refractivity contribution in [3.05, 3.63) is 0 Å². The Labute approximate surface area is 103 Å². The third-order valence-electron chi connectivity index (χ3n) is 5.03. The summed E-state index contributed by atoms with van der Waals surface area (Å²) in [5.74, 6) is 1.53. The van der Waals surface area contributed by atoms with Gasteiger partial charge in [0.05, 0.1) is 25.2 Å². The number of rotatable bonds is 2. The maximum Gasteiger partial charge on any atom is 0.311 e. The van der Waals surface area contributed by atoms with Crippen molar-refractivity contribution in [3.8, 4) is 0 Å².